The highest BCUT2D eigenvalue weighted by Crippen LogP contribution is 2.33. The van der Waals surface area contributed by atoms with Gasteiger partial charge in [0.2, 0.25) is 0 Å². The normalized spacial score (nSPS) is 24.6. The Balaban J connectivity index is 2.15. The van der Waals surface area contributed by atoms with E-state index in [2.05, 4.69) is 12.2 Å². The van der Waals surface area contributed by atoms with E-state index in [9.17, 15) is 9.59 Å². The Kier molecular flexibility index (Phi) is 5.19. The maximum absolute atomic E-state index is 12.5. The lowest BCUT2D eigenvalue weighted by Crippen LogP contribution is -2.56. The average Bonchev–Trinajstić information content (AvgIpc) is 2.56. The molecule has 0 aliphatic heterocycles. The van der Waals surface area contributed by atoms with E-state index in [4.69, 9.17) is 10.5 Å². The van der Waals surface area contributed by atoms with Gasteiger partial charge in [-0.1, -0.05) is 19.1 Å². The van der Waals surface area contributed by atoms with E-state index in [1.165, 1.54) is 7.11 Å². The first-order valence-electron chi connectivity index (χ1n) is 7.70. The summed E-state index contributed by atoms with van der Waals surface area (Å²) in [5.41, 5.74) is 6.15. The van der Waals surface area contributed by atoms with Gasteiger partial charge in [0.25, 0.3) is 5.91 Å². The molecule has 0 radical (unpaired) electrons. The van der Waals surface area contributed by atoms with Gasteiger partial charge in [-0.25, -0.2) is 4.79 Å². The Morgan fingerprint density at radius 1 is 1.27 bits per heavy atom. The van der Waals surface area contributed by atoms with Crippen LogP contribution >= 0.6 is 0 Å². The zero-order valence-corrected chi connectivity index (χ0v) is 13.2. The van der Waals surface area contributed by atoms with Crippen molar-refractivity contribution in [3.8, 4) is 0 Å². The fraction of sp³-hybridized carbons (Fsp3) is 0.529. The van der Waals surface area contributed by atoms with Gasteiger partial charge in [0.15, 0.2) is 0 Å². The summed E-state index contributed by atoms with van der Waals surface area (Å²) in [4.78, 5) is 24.7. The zero-order chi connectivity index (χ0) is 16.2. The minimum absolute atomic E-state index is 0.247. The van der Waals surface area contributed by atoms with Crippen LogP contribution in [0.15, 0.2) is 24.3 Å². The van der Waals surface area contributed by atoms with Crippen LogP contribution in [-0.4, -0.2) is 24.5 Å². The molecule has 0 aromatic heterocycles. The van der Waals surface area contributed by atoms with E-state index in [1.807, 2.05) is 12.1 Å². The van der Waals surface area contributed by atoms with Crippen LogP contribution in [0, 0.1) is 5.92 Å². The summed E-state index contributed by atoms with van der Waals surface area (Å²) in [7, 11) is 1.37. The molecule has 120 valence electrons. The molecule has 2 rings (SSSR count). The Labute approximate surface area is 131 Å². The monoisotopic (exact) mass is 304 g/mol. The highest BCUT2D eigenvalue weighted by atomic mass is 16.5. The second kappa shape index (κ2) is 6.92. The Morgan fingerprint density at radius 2 is 1.86 bits per heavy atom. The molecule has 0 bridgehead atoms. The van der Waals surface area contributed by atoms with E-state index in [0.717, 1.165) is 18.4 Å². The number of nitrogens with one attached hydrogen (secondary N) is 1. The maximum Gasteiger partial charge on any atom is 0.331 e. The van der Waals surface area contributed by atoms with Crippen LogP contribution < -0.4 is 11.1 Å². The Hall–Kier alpha value is -1.88. The largest absolute Gasteiger partial charge is 0.467 e. The number of ether oxygens (including phenoxy) is 1. The molecule has 1 amide bonds. The third-order valence-corrected chi connectivity index (χ3v) is 4.51. The Bertz CT molecular complexity index is 531. The second-order valence-electron chi connectivity index (χ2n) is 6.11. The molecule has 0 saturated heterocycles. The minimum atomic E-state index is -0.898. The molecular weight excluding hydrogens is 280 g/mol. The fourth-order valence-corrected chi connectivity index (χ4v) is 2.91. The van der Waals surface area contributed by atoms with Gasteiger partial charge >= 0.3 is 5.97 Å². The summed E-state index contributed by atoms with van der Waals surface area (Å²) in [5, 5.41) is 2.91. The topological polar surface area (TPSA) is 81.4 Å². The zero-order valence-electron chi connectivity index (χ0n) is 13.2. The number of benzene rings is 1. The van der Waals surface area contributed by atoms with Crippen LogP contribution in [-0.2, 0) is 16.1 Å². The average molecular weight is 304 g/mol. The number of amides is 1. The second-order valence-corrected chi connectivity index (χ2v) is 6.11. The maximum atomic E-state index is 12.5. The first-order valence-corrected chi connectivity index (χ1v) is 7.70. The van der Waals surface area contributed by atoms with Crippen molar-refractivity contribution in [1.29, 1.82) is 0 Å². The van der Waals surface area contributed by atoms with Crippen LogP contribution in [0.25, 0.3) is 0 Å². The first kappa shape index (κ1) is 16.5. The van der Waals surface area contributed by atoms with Crippen molar-refractivity contribution in [2.45, 2.75) is 44.7 Å². The first-order chi connectivity index (χ1) is 10.5. The fourth-order valence-electron chi connectivity index (χ4n) is 2.91. The molecule has 0 heterocycles. The quantitative estimate of drug-likeness (QED) is 0.834. The lowest BCUT2D eigenvalue weighted by Gasteiger charge is -2.37. The summed E-state index contributed by atoms with van der Waals surface area (Å²) in [6, 6.07) is 7.10. The van der Waals surface area contributed by atoms with E-state index >= 15 is 0 Å². The summed E-state index contributed by atoms with van der Waals surface area (Å²) >= 11 is 0. The van der Waals surface area contributed by atoms with Crippen molar-refractivity contribution in [3.05, 3.63) is 35.4 Å². The Morgan fingerprint density at radius 3 is 2.36 bits per heavy atom. The molecule has 1 aromatic rings. The number of rotatable bonds is 4. The molecule has 0 unspecified atom stereocenters. The van der Waals surface area contributed by atoms with Gasteiger partial charge in [0, 0.05) is 12.1 Å². The molecule has 1 aromatic carbocycles. The van der Waals surface area contributed by atoms with E-state index in [1.54, 1.807) is 12.1 Å². The highest BCUT2D eigenvalue weighted by molar-refractivity contribution is 5.98. The number of hydrogen-bond donors (Lipinski definition) is 2. The third-order valence-electron chi connectivity index (χ3n) is 4.51. The van der Waals surface area contributed by atoms with Crippen molar-refractivity contribution in [3.63, 3.8) is 0 Å². The standard InChI is InChI=1S/C17H24N2O3/c1-12-7-9-17(10-8-12,16(21)22-2)19-15(20)14-5-3-13(11-18)4-6-14/h3-6,12H,7-11,18H2,1-2H3,(H,19,20). The van der Waals surface area contributed by atoms with Crippen LogP contribution in [0.3, 0.4) is 0 Å². The van der Waals surface area contributed by atoms with Gasteiger partial charge in [-0.3, -0.25) is 4.79 Å². The molecule has 1 saturated carbocycles. The molecule has 1 aliphatic rings. The van der Waals surface area contributed by atoms with Crippen LogP contribution in [0.5, 0.6) is 0 Å². The molecule has 5 nitrogen and oxygen atoms in total. The summed E-state index contributed by atoms with van der Waals surface area (Å²) in [6.45, 7) is 2.60. The van der Waals surface area contributed by atoms with Gasteiger partial charge in [0.05, 0.1) is 7.11 Å². The van der Waals surface area contributed by atoms with Crippen LogP contribution in [0.1, 0.15) is 48.5 Å². The SMILES string of the molecule is COC(=O)C1(NC(=O)c2ccc(CN)cc2)CCC(C)CC1. The number of carbonyl (C=O) groups is 2. The predicted octanol–water partition coefficient (Wildman–Crippen LogP) is 2.00. The van der Waals surface area contributed by atoms with Gasteiger partial charge in [-0.2, -0.15) is 0 Å². The number of esters is 1. The van der Waals surface area contributed by atoms with Gasteiger partial charge in [-0.15, -0.1) is 0 Å². The molecule has 0 spiro atoms. The van der Waals surface area contributed by atoms with Crippen molar-refractivity contribution >= 4 is 11.9 Å². The van der Waals surface area contributed by atoms with Crippen molar-refractivity contribution in [1.82, 2.24) is 5.32 Å². The van der Waals surface area contributed by atoms with E-state index < -0.39 is 5.54 Å². The number of nitrogens with two attached hydrogens (primary N) is 1. The number of carbonyl (C=O) groups excluding carboxylic acids is 2. The molecule has 3 N–H and O–H groups in total. The van der Waals surface area contributed by atoms with Gasteiger partial charge in [-0.05, 0) is 49.3 Å². The lowest BCUT2D eigenvalue weighted by molar-refractivity contribution is -0.150. The highest BCUT2D eigenvalue weighted by Gasteiger charge is 2.43. The van der Waals surface area contributed by atoms with Crippen molar-refractivity contribution < 1.29 is 14.3 Å². The molecule has 22 heavy (non-hydrogen) atoms. The van der Waals surface area contributed by atoms with Crippen molar-refractivity contribution in [2.24, 2.45) is 11.7 Å². The summed E-state index contributed by atoms with van der Waals surface area (Å²) in [5.74, 6) is -0.0339. The molecular formula is C17H24N2O3. The minimum Gasteiger partial charge on any atom is -0.467 e. The summed E-state index contributed by atoms with van der Waals surface area (Å²) in [6.07, 6.45) is 3.05. The van der Waals surface area contributed by atoms with Crippen LogP contribution in [0.4, 0.5) is 0 Å². The van der Waals surface area contributed by atoms with Gasteiger partial charge in [0.1, 0.15) is 5.54 Å². The summed E-state index contributed by atoms with van der Waals surface area (Å²) < 4.78 is 4.93. The predicted molar refractivity (Wildman–Crippen MR) is 84.2 cm³/mol. The van der Waals surface area contributed by atoms with Crippen molar-refractivity contribution in [2.75, 3.05) is 7.11 Å². The van der Waals surface area contributed by atoms with E-state index in [0.29, 0.717) is 30.9 Å². The number of hydrogen-bond acceptors (Lipinski definition) is 4. The third kappa shape index (κ3) is 3.47. The molecule has 0 atom stereocenters. The van der Waals surface area contributed by atoms with E-state index in [-0.39, 0.29) is 11.9 Å². The smallest absolute Gasteiger partial charge is 0.331 e. The molecule has 1 fully saturated rings. The molecule has 1 aliphatic carbocycles. The van der Waals surface area contributed by atoms with Gasteiger partial charge < -0.3 is 15.8 Å². The van der Waals surface area contributed by atoms with Crippen LogP contribution in [0.2, 0.25) is 0 Å². The lowest BCUT2D eigenvalue weighted by atomic mass is 9.77. The molecule has 5 heteroatoms. The number of methoxy groups -OCH3 is 1.